The molecule has 5 heteroatoms. The van der Waals surface area contributed by atoms with Crippen molar-refractivity contribution in [1.29, 1.82) is 0 Å². The number of esters is 1. The Morgan fingerprint density at radius 1 is 1.20 bits per heavy atom. The first-order valence-electron chi connectivity index (χ1n) is 9.44. The van der Waals surface area contributed by atoms with Crippen LogP contribution in [-0.4, -0.2) is 41.8 Å². The molecule has 1 saturated heterocycles. The molecule has 4 aliphatic rings. The van der Waals surface area contributed by atoms with Crippen LogP contribution in [0.3, 0.4) is 0 Å². The first-order valence-corrected chi connectivity index (χ1v) is 9.44. The Labute approximate surface area is 148 Å². The molecular weight excluding hydrogens is 320 g/mol. The lowest BCUT2D eigenvalue weighted by Crippen LogP contribution is -2.60. The van der Waals surface area contributed by atoms with E-state index in [-0.39, 0.29) is 47.3 Å². The van der Waals surface area contributed by atoms with Gasteiger partial charge in [0.1, 0.15) is 12.4 Å². The van der Waals surface area contributed by atoms with Gasteiger partial charge in [0.2, 0.25) is 0 Å². The molecule has 4 rings (SSSR count). The van der Waals surface area contributed by atoms with Gasteiger partial charge in [-0.15, -0.1) is 0 Å². The maximum Gasteiger partial charge on any atom is 0.336 e. The average Bonchev–Trinajstić information content (AvgIpc) is 3.15. The Kier molecular flexibility index (Phi) is 3.72. The molecule has 0 spiro atoms. The third-order valence-corrected chi connectivity index (χ3v) is 7.85. The van der Waals surface area contributed by atoms with E-state index in [2.05, 4.69) is 13.8 Å². The van der Waals surface area contributed by atoms with Crippen molar-refractivity contribution >= 4 is 11.8 Å². The van der Waals surface area contributed by atoms with Gasteiger partial charge in [0, 0.05) is 6.42 Å². The van der Waals surface area contributed by atoms with Gasteiger partial charge in [-0.25, -0.2) is 4.79 Å². The summed E-state index contributed by atoms with van der Waals surface area (Å²) in [6, 6.07) is 0. The minimum atomic E-state index is -0.655. The molecule has 0 amide bonds. The van der Waals surface area contributed by atoms with E-state index in [0.717, 1.165) is 25.7 Å². The third kappa shape index (κ3) is 2.21. The Hall–Kier alpha value is -1.20. The number of carbonyl (C=O) groups is 2. The number of cyclic esters (lactones) is 1. The molecule has 0 aromatic carbocycles. The number of carbonyl (C=O) groups excluding carboxylic acids is 2. The number of Topliss-reactive ketones (excluding diaryl/α,β-unsaturated/α-hetero) is 1. The van der Waals surface area contributed by atoms with Crippen molar-refractivity contribution in [1.82, 2.24) is 0 Å². The molecule has 6 atom stereocenters. The van der Waals surface area contributed by atoms with E-state index in [1.54, 1.807) is 0 Å². The molecule has 2 saturated carbocycles. The Morgan fingerprint density at radius 2 is 1.96 bits per heavy atom. The van der Waals surface area contributed by atoms with E-state index >= 15 is 0 Å². The van der Waals surface area contributed by atoms with Crippen molar-refractivity contribution in [3.63, 3.8) is 0 Å². The highest BCUT2D eigenvalue weighted by atomic mass is 16.5. The van der Waals surface area contributed by atoms with Crippen LogP contribution in [0.1, 0.15) is 52.9 Å². The standard InChI is InChI=1S/C20H28O5/c1-18-7-5-16(22)19(2,11-21)14(18)4-8-20(3)15(18)10-13(25-20)12-6-9-24-17(12)23/h6,13-15,21H,4-5,7-11H2,1-3H3/t13?,14?,15?,18-,19?,20?/m1/s1. The number of fused-ring (bicyclic) bond motifs is 3. The normalized spacial score (nSPS) is 49.4. The molecule has 5 unspecified atom stereocenters. The lowest BCUT2D eigenvalue weighted by atomic mass is 9.45. The van der Waals surface area contributed by atoms with E-state index in [4.69, 9.17) is 9.47 Å². The van der Waals surface area contributed by atoms with Crippen LogP contribution in [-0.2, 0) is 19.1 Å². The van der Waals surface area contributed by atoms with Crippen molar-refractivity contribution in [3.8, 4) is 0 Å². The summed E-state index contributed by atoms with van der Waals surface area (Å²) < 4.78 is 11.5. The smallest absolute Gasteiger partial charge is 0.336 e. The maximum atomic E-state index is 12.6. The average molecular weight is 348 g/mol. The second-order valence-electron chi connectivity index (χ2n) is 9.06. The zero-order valence-electron chi connectivity index (χ0n) is 15.3. The molecule has 2 aliphatic heterocycles. The fourth-order valence-corrected chi connectivity index (χ4v) is 6.41. The van der Waals surface area contributed by atoms with Crippen LogP contribution in [0.5, 0.6) is 0 Å². The van der Waals surface area contributed by atoms with E-state index in [1.165, 1.54) is 0 Å². The van der Waals surface area contributed by atoms with Gasteiger partial charge in [0.25, 0.3) is 0 Å². The van der Waals surface area contributed by atoms with Crippen LogP contribution in [0, 0.1) is 22.7 Å². The molecule has 3 fully saturated rings. The molecule has 2 aliphatic carbocycles. The lowest BCUT2D eigenvalue weighted by Gasteiger charge is -2.59. The summed E-state index contributed by atoms with van der Waals surface area (Å²) in [7, 11) is 0. The van der Waals surface area contributed by atoms with Crippen LogP contribution in [0.25, 0.3) is 0 Å². The monoisotopic (exact) mass is 348 g/mol. The summed E-state index contributed by atoms with van der Waals surface area (Å²) in [6.45, 7) is 6.62. The number of aliphatic hydroxyl groups is 1. The zero-order valence-corrected chi connectivity index (χ0v) is 15.3. The Morgan fingerprint density at radius 3 is 2.60 bits per heavy atom. The quantitative estimate of drug-likeness (QED) is 0.776. The zero-order chi connectivity index (χ0) is 18.0. The van der Waals surface area contributed by atoms with Crippen molar-refractivity contribution in [2.24, 2.45) is 22.7 Å². The molecule has 5 nitrogen and oxygen atoms in total. The van der Waals surface area contributed by atoms with Gasteiger partial charge < -0.3 is 14.6 Å². The number of hydrogen-bond acceptors (Lipinski definition) is 5. The number of rotatable bonds is 2. The first kappa shape index (κ1) is 17.2. The summed E-state index contributed by atoms with van der Waals surface area (Å²) in [4.78, 5) is 24.5. The second kappa shape index (κ2) is 5.40. The molecule has 0 bridgehead atoms. The minimum absolute atomic E-state index is 0.0593. The van der Waals surface area contributed by atoms with E-state index < -0.39 is 5.41 Å². The summed E-state index contributed by atoms with van der Waals surface area (Å²) >= 11 is 0. The van der Waals surface area contributed by atoms with E-state index in [9.17, 15) is 14.7 Å². The highest BCUT2D eigenvalue weighted by Gasteiger charge is 2.65. The lowest BCUT2D eigenvalue weighted by molar-refractivity contribution is -0.175. The highest BCUT2D eigenvalue weighted by Crippen LogP contribution is 2.65. The summed E-state index contributed by atoms with van der Waals surface area (Å²) in [5.41, 5.74) is -0.336. The fourth-order valence-electron chi connectivity index (χ4n) is 6.41. The number of ketones is 1. The molecule has 0 radical (unpaired) electrons. The van der Waals surface area contributed by atoms with Gasteiger partial charge in [-0.1, -0.05) is 13.8 Å². The Bertz CT molecular complexity index is 654. The van der Waals surface area contributed by atoms with Crippen molar-refractivity contribution in [2.45, 2.75) is 64.6 Å². The topological polar surface area (TPSA) is 72.8 Å². The van der Waals surface area contributed by atoms with Crippen molar-refractivity contribution in [3.05, 3.63) is 11.6 Å². The molecular formula is C20H28O5. The number of aliphatic hydroxyl groups excluding tert-OH is 1. The second-order valence-corrected chi connectivity index (χ2v) is 9.06. The van der Waals surface area contributed by atoms with Gasteiger partial charge >= 0.3 is 5.97 Å². The van der Waals surface area contributed by atoms with Crippen molar-refractivity contribution < 1.29 is 24.2 Å². The van der Waals surface area contributed by atoms with Gasteiger partial charge in [0.15, 0.2) is 0 Å². The van der Waals surface area contributed by atoms with Crippen LogP contribution in [0.15, 0.2) is 11.6 Å². The number of ether oxygens (including phenoxy) is 2. The van der Waals surface area contributed by atoms with E-state index in [0.29, 0.717) is 18.6 Å². The largest absolute Gasteiger partial charge is 0.458 e. The summed E-state index contributed by atoms with van der Waals surface area (Å²) in [5, 5.41) is 10.0. The molecule has 25 heavy (non-hydrogen) atoms. The van der Waals surface area contributed by atoms with Crippen LogP contribution < -0.4 is 0 Å². The van der Waals surface area contributed by atoms with Crippen LogP contribution in [0.4, 0.5) is 0 Å². The predicted molar refractivity (Wildman–Crippen MR) is 90.7 cm³/mol. The van der Waals surface area contributed by atoms with Crippen LogP contribution >= 0.6 is 0 Å². The minimum Gasteiger partial charge on any atom is -0.458 e. The van der Waals surface area contributed by atoms with Gasteiger partial charge in [-0.3, -0.25) is 4.79 Å². The highest BCUT2D eigenvalue weighted by molar-refractivity contribution is 5.91. The molecule has 0 aromatic rings. The van der Waals surface area contributed by atoms with Gasteiger partial charge in [0.05, 0.1) is 29.3 Å². The van der Waals surface area contributed by atoms with Gasteiger partial charge in [-0.05, 0) is 55.9 Å². The fraction of sp³-hybridized carbons (Fsp3) is 0.800. The number of hydrogen-bond donors (Lipinski definition) is 1. The van der Waals surface area contributed by atoms with Crippen LogP contribution in [0.2, 0.25) is 0 Å². The summed E-state index contributed by atoms with van der Waals surface area (Å²) in [5.74, 6) is 0.375. The van der Waals surface area contributed by atoms with Crippen molar-refractivity contribution in [2.75, 3.05) is 13.2 Å². The first-order chi connectivity index (χ1) is 11.7. The molecule has 1 N–H and O–H groups in total. The molecule has 0 aromatic heterocycles. The maximum absolute atomic E-state index is 12.6. The SMILES string of the molecule is CC12CCC3C(C)(CO)C(=O)CC[C@@]3(C)C1CC(C1=CCOC1=O)O2. The van der Waals surface area contributed by atoms with Gasteiger partial charge in [-0.2, -0.15) is 0 Å². The summed E-state index contributed by atoms with van der Waals surface area (Å²) in [6.07, 6.45) is 5.52. The predicted octanol–water partition coefficient (Wildman–Crippen LogP) is 2.41. The Balaban J connectivity index is 1.68. The van der Waals surface area contributed by atoms with E-state index in [1.807, 2.05) is 13.0 Å². The molecule has 138 valence electrons. The molecule has 2 heterocycles. The third-order valence-electron chi connectivity index (χ3n) is 7.85.